The standard InChI is InChI=1S/C16H22FN3O5/c1-16(2,3)25-15(21)19-7-5-18(6-8-19)12-10-14(24-4)13(20(22)23)9-11(12)17/h9-10H,5-8H2,1-4H3. The number of halogens is 1. The second-order valence-corrected chi connectivity index (χ2v) is 6.69. The van der Waals surface area contributed by atoms with E-state index in [9.17, 15) is 19.3 Å². The fraction of sp³-hybridized carbons (Fsp3) is 0.562. The molecule has 8 nitrogen and oxygen atoms in total. The number of nitro groups is 1. The van der Waals surface area contributed by atoms with E-state index in [1.807, 2.05) is 0 Å². The van der Waals surface area contributed by atoms with E-state index in [0.29, 0.717) is 26.2 Å². The number of amides is 1. The van der Waals surface area contributed by atoms with Crippen LogP contribution >= 0.6 is 0 Å². The molecule has 0 spiro atoms. The van der Waals surface area contributed by atoms with E-state index in [1.54, 1.807) is 30.6 Å². The maximum atomic E-state index is 14.3. The number of nitro benzene ring substituents is 1. The summed E-state index contributed by atoms with van der Waals surface area (Å²) in [6.07, 6.45) is -0.408. The van der Waals surface area contributed by atoms with Crippen LogP contribution in [0.2, 0.25) is 0 Å². The molecule has 0 aliphatic carbocycles. The molecule has 1 aliphatic rings. The fourth-order valence-corrected chi connectivity index (χ4v) is 2.54. The Morgan fingerprint density at radius 2 is 1.84 bits per heavy atom. The van der Waals surface area contributed by atoms with Crippen LogP contribution in [-0.2, 0) is 4.74 Å². The van der Waals surface area contributed by atoms with Crippen molar-refractivity contribution in [1.29, 1.82) is 0 Å². The summed E-state index contributed by atoms with van der Waals surface area (Å²) in [7, 11) is 1.30. The average Bonchev–Trinajstić information content (AvgIpc) is 2.53. The van der Waals surface area contributed by atoms with Crippen molar-refractivity contribution in [2.75, 3.05) is 38.2 Å². The highest BCUT2D eigenvalue weighted by Gasteiger charge is 2.28. The average molecular weight is 355 g/mol. The monoisotopic (exact) mass is 355 g/mol. The molecule has 0 atom stereocenters. The van der Waals surface area contributed by atoms with Gasteiger partial charge in [-0.3, -0.25) is 10.1 Å². The van der Waals surface area contributed by atoms with Crippen molar-refractivity contribution in [3.05, 3.63) is 28.1 Å². The highest BCUT2D eigenvalue weighted by Crippen LogP contribution is 2.34. The van der Waals surface area contributed by atoms with E-state index in [1.165, 1.54) is 13.2 Å². The lowest BCUT2D eigenvalue weighted by atomic mass is 10.2. The summed E-state index contributed by atoms with van der Waals surface area (Å²) in [4.78, 5) is 25.6. The van der Waals surface area contributed by atoms with Gasteiger partial charge < -0.3 is 19.3 Å². The third kappa shape index (κ3) is 4.49. The van der Waals surface area contributed by atoms with E-state index in [-0.39, 0.29) is 11.4 Å². The molecule has 0 radical (unpaired) electrons. The van der Waals surface area contributed by atoms with Gasteiger partial charge in [0.15, 0.2) is 11.6 Å². The molecule has 25 heavy (non-hydrogen) atoms. The van der Waals surface area contributed by atoms with Crippen molar-refractivity contribution < 1.29 is 23.6 Å². The maximum absolute atomic E-state index is 14.3. The second-order valence-electron chi connectivity index (χ2n) is 6.69. The molecule has 0 saturated carbocycles. The molecule has 0 unspecified atom stereocenters. The van der Waals surface area contributed by atoms with Gasteiger partial charge in [0, 0.05) is 32.2 Å². The summed E-state index contributed by atoms with van der Waals surface area (Å²) < 4.78 is 24.6. The van der Waals surface area contributed by atoms with Crippen LogP contribution < -0.4 is 9.64 Å². The number of ether oxygens (including phenoxy) is 2. The molecule has 1 aliphatic heterocycles. The van der Waals surface area contributed by atoms with Crippen molar-refractivity contribution in [3.63, 3.8) is 0 Å². The number of rotatable bonds is 3. The Labute approximate surface area is 145 Å². The first-order valence-corrected chi connectivity index (χ1v) is 7.87. The molecule has 9 heteroatoms. The Morgan fingerprint density at radius 3 is 2.32 bits per heavy atom. The summed E-state index contributed by atoms with van der Waals surface area (Å²) in [5.41, 5.74) is -0.783. The van der Waals surface area contributed by atoms with Crippen LogP contribution in [-0.4, -0.2) is 54.8 Å². The van der Waals surface area contributed by atoms with Gasteiger partial charge in [-0.2, -0.15) is 0 Å². The quantitative estimate of drug-likeness (QED) is 0.612. The first-order valence-electron chi connectivity index (χ1n) is 7.87. The third-order valence-electron chi connectivity index (χ3n) is 3.72. The van der Waals surface area contributed by atoms with E-state index in [4.69, 9.17) is 9.47 Å². The van der Waals surface area contributed by atoms with Crippen molar-refractivity contribution in [3.8, 4) is 5.75 Å². The minimum atomic E-state index is -0.696. The predicted molar refractivity (Wildman–Crippen MR) is 89.6 cm³/mol. The highest BCUT2D eigenvalue weighted by molar-refractivity contribution is 5.69. The Bertz CT molecular complexity index is 666. The zero-order valence-electron chi connectivity index (χ0n) is 14.7. The number of piperazine rings is 1. The van der Waals surface area contributed by atoms with Gasteiger partial charge in [0.2, 0.25) is 0 Å². The largest absolute Gasteiger partial charge is 0.490 e. The molecule has 1 aromatic rings. The molecule has 1 amide bonds. The maximum Gasteiger partial charge on any atom is 0.410 e. The van der Waals surface area contributed by atoms with Crippen LogP contribution in [0.5, 0.6) is 5.75 Å². The van der Waals surface area contributed by atoms with E-state index >= 15 is 0 Å². The summed E-state index contributed by atoms with van der Waals surface area (Å²) in [6, 6.07) is 2.17. The zero-order valence-corrected chi connectivity index (χ0v) is 14.7. The Kier molecular flexibility index (Phi) is 5.34. The number of anilines is 1. The van der Waals surface area contributed by atoms with Gasteiger partial charge in [0.1, 0.15) is 5.60 Å². The van der Waals surface area contributed by atoms with Crippen LogP contribution in [0.1, 0.15) is 20.8 Å². The number of methoxy groups -OCH3 is 1. The van der Waals surface area contributed by atoms with Gasteiger partial charge in [-0.05, 0) is 20.8 Å². The zero-order chi connectivity index (χ0) is 18.8. The molecule has 0 bridgehead atoms. The van der Waals surface area contributed by atoms with Crippen molar-refractivity contribution >= 4 is 17.5 Å². The Balaban J connectivity index is 2.10. The summed E-state index contributed by atoms with van der Waals surface area (Å²) in [5, 5.41) is 10.9. The van der Waals surface area contributed by atoms with Crippen molar-refractivity contribution in [1.82, 2.24) is 4.90 Å². The van der Waals surface area contributed by atoms with E-state index < -0.39 is 28.1 Å². The molecule has 1 aromatic carbocycles. The Hall–Kier alpha value is -2.58. The van der Waals surface area contributed by atoms with Crippen LogP contribution in [0.3, 0.4) is 0 Å². The minimum absolute atomic E-state index is 0.00373. The Morgan fingerprint density at radius 1 is 1.24 bits per heavy atom. The van der Waals surface area contributed by atoms with Gasteiger partial charge in [0.05, 0.1) is 23.8 Å². The third-order valence-corrected chi connectivity index (χ3v) is 3.72. The smallest absolute Gasteiger partial charge is 0.410 e. The normalized spacial score (nSPS) is 15.1. The molecule has 1 fully saturated rings. The summed E-state index contributed by atoms with van der Waals surface area (Å²) in [5.74, 6) is -0.700. The molecule has 0 N–H and O–H groups in total. The molecule has 1 saturated heterocycles. The lowest BCUT2D eigenvalue weighted by Crippen LogP contribution is -2.50. The van der Waals surface area contributed by atoms with E-state index in [0.717, 1.165) is 6.07 Å². The second kappa shape index (κ2) is 7.12. The first kappa shape index (κ1) is 18.8. The minimum Gasteiger partial charge on any atom is -0.490 e. The number of hydrogen-bond donors (Lipinski definition) is 0. The molecule has 138 valence electrons. The summed E-state index contributed by atoms with van der Waals surface area (Å²) >= 11 is 0. The van der Waals surface area contributed by atoms with Gasteiger partial charge in [0.25, 0.3) is 0 Å². The van der Waals surface area contributed by atoms with Crippen LogP contribution in [0, 0.1) is 15.9 Å². The SMILES string of the molecule is COc1cc(N2CCN(C(=O)OC(C)(C)C)CC2)c(F)cc1[N+](=O)[O-]. The highest BCUT2D eigenvalue weighted by atomic mass is 19.1. The number of carbonyl (C=O) groups is 1. The van der Waals surface area contributed by atoms with Gasteiger partial charge in [-0.1, -0.05) is 0 Å². The topological polar surface area (TPSA) is 85.2 Å². The van der Waals surface area contributed by atoms with Crippen LogP contribution in [0.25, 0.3) is 0 Å². The number of nitrogens with zero attached hydrogens (tertiary/aromatic N) is 3. The predicted octanol–water partition coefficient (Wildman–Crippen LogP) is 2.80. The first-order chi connectivity index (χ1) is 11.6. The van der Waals surface area contributed by atoms with Crippen molar-refractivity contribution in [2.24, 2.45) is 0 Å². The molecular formula is C16H22FN3O5. The number of hydrogen-bond acceptors (Lipinski definition) is 6. The van der Waals surface area contributed by atoms with Gasteiger partial charge in [-0.25, -0.2) is 9.18 Å². The molecular weight excluding hydrogens is 333 g/mol. The fourth-order valence-electron chi connectivity index (χ4n) is 2.54. The van der Waals surface area contributed by atoms with E-state index in [2.05, 4.69) is 0 Å². The summed E-state index contributed by atoms with van der Waals surface area (Å²) in [6.45, 7) is 6.88. The molecule has 2 rings (SSSR count). The van der Waals surface area contributed by atoms with Crippen molar-refractivity contribution in [2.45, 2.75) is 26.4 Å². The molecule has 0 aromatic heterocycles. The van der Waals surface area contributed by atoms with Gasteiger partial charge in [-0.15, -0.1) is 0 Å². The lowest BCUT2D eigenvalue weighted by molar-refractivity contribution is -0.385. The molecule has 1 heterocycles. The lowest BCUT2D eigenvalue weighted by Gasteiger charge is -2.36. The van der Waals surface area contributed by atoms with Gasteiger partial charge >= 0.3 is 11.8 Å². The number of carbonyl (C=O) groups excluding carboxylic acids is 1. The van der Waals surface area contributed by atoms with Crippen LogP contribution in [0.4, 0.5) is 20.6 Å². The van der Waals surface area contributed by atoms with Crippen LogP contribution in [0.15, 0.2) is 12.1 Å². The number of benzene rings is 1.